The van der Waals surface area contributed by atoms with E-state index in [-0.39, 0.29) is 18.6 Å². The Hall–Kier alpha value is -2.06. The van der Waals surface area contributed by atoms with E-state index in [0.717, 1.165) is 5.56 Å². The molecule has 0 aromatic heterocycles. The summed E-state index contributed by atoms with van der Waals surface area (Å²) in [5.74, 6) is 0.361. The van der Waals surface area contributed by atoms with Crippen LogP contribution in [0.4, 0.5) is 0 Å². The van der Waals surface area contributed by atoms with Crippen LogP contribution in [0.15, 0.2) is 24.3 Å². The van der Waals surface area contributed by atoms with Crippen molar-refractivity contribution in [1.29, 1.82) is 5.26 Å². The largest absolute Gasteiger partial charge is 0.479 e. The number of hydrogen-bond donors (Lipinski definition) is 2. The van der Waals surface area contributed by atoms with Gasteiger partial charge >= 0.3 is 0 Å². The summed E-state index contributed by atoms with van der Waals surface area (Å²) in [6, 6.07) is 9.53. The number of carbonyl (C=O) groups is 1. The molecule has 1 unspecified atom stereocenters. The van der Waals surface area contributed by atoms with Crippen LogP contribution in [0.25, 0.3) is 0 Å². The minimum Gasteiger partial charge on any atom is -0.479 e. The Morgan fingerprint density at radius 3 is 2.72 bits per heavy atom. The number of hydrogen-bond acceptors (Lipinski definition) is 4. The molecule has 0 spiro atoms. The van der Waals surface area contributed by atoms with Crippen LogP contribution in [0, 0.1) is 11.3 Å². The first-order chi connectivity index (χ1) is 8.63. The molecule has 0 saturated carbocycles. The number of carbonyl (C=O) groups excluding carboxylic acids is 1. The molecule has 3 N–H and O–H groups in total. The zero-order chi connectivity index (χ0) is 13.4. The van der Waals surface area contributed by atoms with Crippen LogP contribution in [0.3, 0.4) is 0 Å². The van der Waals surface area contributed by atoms with Gasteiger partial charge in [0.25, 0.3) is 0 Å². The lowest BCUT2D eigenvalue weighted by Crippen LogP contribution is -2.24. The van der Waals surface area contributed by atoms with Crippen molar-refractivity contribution in [3.05, 3.63) is 29.8 Å². The van der Waals surface area contributed by atoms with Gasteiger partial charge in [-0.25, -0.2) is 0 Å². The van der Waals surface area contributed by atoms with E-state index in [2.05, 4.69) is 5.32 Å². The van der Waals surface area contributed by atoms with Crippen molar-refractivity contribution in [3.63, 3.8) is 0 Å². The zero-order valence-corrected chi connectivity index (χ0v) is 10.3. The van der Waals surface area contributed by atoms with Crippen molar-refractivity contribution in [2.24, 2.45) is 5.73 Å². The highest BCUT2D eigenvalue weighted by molar-refractivity contribution is 5.73. The third kappa shape index (κ3) is 4.85. The van der Waals surface area contributed by atoms with E-state index >= 15 is 0 Å². The Balaban J connectivity index is 2.46. The van der Waals surface area contributed by atoms with Crippen LogP contribution in [-0.2, 0) is 4.79 Å². The predicted molar refractivity (Wildman–Crippen MR) is 67.8 cm³/mol. The Kier molecular flexibility index (Phi) is 5.68. The summed E-state index contributed by atoms with van der Waals surface area (Å²) in [5.41, 5.74) is 6.15. The topological polar surface area (TPSA) is 88.1 Å². The minimum absolute atomic E-state index is 0.0474. The average molecular weight is 247 g/mol. The molecule has 1 atom stereocenters. The summed E-state index contributed by atoms with van der Waals surface area (Å²) in [6.45, 7) is 2.61. The quantitative estimate of drug-likeness (QED) is 0.755. The monoisotopic (exact) mass is 247 g/mol. The summed E-state index contributed by atoms with van der Waals surface area (Å²) in [5, 5.41) is 11.6. The lowest BCUT2D eigenvalue weighted by Gasteiger charge is -2.14. The maximum Gasteiger partial charge on any atom is 0.218 e. The molecule has 0 aliphatic carbocycles. The Bertz CT molecular complexity index is 423. The number of ether oxygens (including phenoxy) is 1. The molecular formula is C13H17N3O2. The maximum atomic E-state index is 10.6. The lowest BCUT2D eigenvalue weighted by molar-refractivity contribution is -0.117. The molecule has 5 heteroatoms. The van der Waals surface area contributed by atoms with Gasteiger partial charge in [-0.05, 0) is 24.6 Å². The van der Waals surface area contributed by atoms with E-state index in [0.29, 0.717) is 18.7 Å². The fraction of sp³-hybridized carbons (Fsp3) is 0.385. The molecule has 0 bridgehead atoms. The van der Waals surface area contributed by atoms with Crippen LogP contribution < -0.4 is 15.8 Å². The highest BCUT2D eigenvalue weighted by Crippen LogP contribution is 2.17. The normalized spacial score (nSPS) is 11.6. The number of nitrogens with zero attached hydrogens (tertiary/aromatic N) is 1. The summed E-state index contributed by atoms with van der Waals surface area (Å²) < 4.78 is 5.16. The number of nitriles is 1. The molecule has 0 aliphatic rings. The third-order valence-corrected chi connectivity index (χ3v) is 2.51. The Morgan fingerprint density at radius 1 is 1.50 bits per heavy atom. The first kappa shape index (κ1) is 14.0. The molecule has 0 saturated heterocycles. The van der Waals surface area contributed by atoms with Gasteiger partial charge in [-0.1, -0.05) is 12.1 Å². The first-order valence-corrected chi connectivity index (χ1v) is 5.75. The molecule has 18 heavy (non-hydrogen) atoms. The van der Waals surface area contributed by atoms with E-state index in [9.17, 15) is 4.79 Å². The lowest BCUT2D eigenvalue weighted by atomic mass is 10.1. The number of primary amides is 1. The number of amides is 1. The summed E-state index contributed by atoms with van der Waals surface area (Å²) in [6.07, 6.45) is 0.327. The van der Waals surface area contributed by atoms with E-state index in [1.807, 2.05) is 37.3 Å². The van der Waals surface area contributed by atoms with Crippen LogP contribution in [-0.4, -0.2) is 19.1 Å². The van der Waals surface area contributed by atoms with Crippen molar-refractivity contribution in [3.8, 4) is 11.8 Å². The van der Waals surface area contributed by atoms with Crippen LogP contribution >= 0.6 is 0 Å². The van der Waals surface area contributed by atoms with Gasteiger partial charge in [0.1, 0.15) is 11.8 Å². The number of nitrogens with two attached hydrogens (primary N) is 1. The van der Waals surface area contributed by atoms with Crippen molar-refractivity contribution < 1.29 is 9.53 Å². The molecular weight excluding hydrogens is 230 g/mol. The number of benzene rings is 1. The fourth-order valence-electron chi connectivity index (χ4n) is 1.50. The molecule has 5 nitrogen and oxygen atoms in total. The molecule has 1 rings (SSSR count). The van der Waals surface area contributed by atoms with Gasteiger partial charge in [0.05, 0.1) is 0 Å². The Labute approximate surface area is 107 Å². The highest BCUT2D eigenvalue weighted by atomic mass is 16.5. The fourth-order valence-corrected chi connectivity index (χ4v) is 1.50. The SMILES string of the molecule is CC(NCCC(N)=O)c1ccc(OCC#N)cc1. The number of nitrogens with one attached hydrogen (secondary N) is 1. The molecule has 0 heterocycles. The third-order valence-electron chi connectivity index (χ3n) is 2.51. The van der Waals surface area contributed by atoms with Gasteiger partial charge in [-0.2, -0.15) is 5.26 Å². The van der Waals surface area contributed by atoms with E-state index < -0.39 is 0 Å². The second kappa shape index (κ2) is 7.30. The first-order valence-electron chi connectivity index (χ1n) is 5.75. The van der Waals surface area contributed by atoms with Gasteiger partial charge in [0.15, 0.2) is 6.61 Å². The smallest absolute Gasteiger partial charge is 0.218 e. The van der Waals surface area contributed by atoms with Crippen molar-refractivity contribution >= 4 is 5.91 Å². The van der Waals surface area contributed by atoms with E-state index in [4.69, 9.17) is 15.7 Å². The van der Waals surface area contributed by atoms with Crippen molar-refractivity contribution in [1.82, 2.24) is 5.32 Å². The molecule has 0 fully saturated rings. The predicted octanol–water partition coefficient (Wildman–Crippen LogP) is 1.11. The van der Waals surface area contributed by atoms with Crippen molar-refractivity contribution in [2.45, 2.75) is 19.4 Å². The zero-order valence-electron chi connectivity index (χ0n) is 10.3. The standard InChI is InChI=1S/C13H17N3O2/c1-10(16-8-6-13(15)17)11-2-4-12(5-3-11)18-9-7-14/h2-5,10,16H,6,8-9H2,1H3,(H2,15,17). The van der Waals surface area contributed by atoms with E-state index in [1.165, 1.54) is 0 Å². The number of rotatable bonds is 7. The maximum absolute atomic E-state index is 10.6. The van der Waals surface area contributed by atoms with Gasteiger partial charge < -0.3 is 15.8 Å². The molecule has 1 amide bonds. The molecule has 0 radical (unpaired) electrons. The van der Waals surface area contributed by atoms with Crippen LogP contribution in [0.1, 0.15) is 24.9 Å². The van der Waals surface area contributed by atoms with Gasteiger partial charge in [0.2, 0.25) is 5.91 Å². The average Bonchev–Trinajstić information content (AvgIpc) is 2.36. The van der Waals surface area contributed by atoms with Gasteiger partial charge in [0, 0.05) is 19.0 Å². The second-order valence-electron chi connectivity index (χ2n) is 3.91. The molecule has 0 aliphatic heterocycles. The highest BCUT2D eigenvalue weighted by Gasteiger charge is 2.05. The van der Waals surface area contributed by atoms with Crippen LogP contribution in [0.5, 0.6) is 5.75 Å². The second-order valence-corrected chi connectivity index (χ2v) is 3.91. The van der Waals surface area contributed by atoms with E-state index in [1.54, 1.807) is 0 Å². The minimum atomic E-state index is -0.310. The summed E-state index contributed by atoms with van der Waals surface area (Å²) >= 11 is 0. The molecule has 1 aromatic rings. The summed E-state index contributed by atoms with van der Waals surface area (Å²) in [7, 11) is 0. The molecule has 96 valence electrons. The van der Waals surface area contributed by atoms with Crippen molar-refractivity contribution in [2.75, 3.05) is 13.2 Å². The van der Waals surface area contributed by atoms with Crippen LogP contribution in [0.2, 0.25) is 0 Å². The molecule has 1 aromatic carbocycles. The van der Waals surface area contributed by atoms with Gasteiger partial charge in [-0.3, -0.25) is 4.79 Å². The summed E-state index contributed by atoms with van der Waals surface area (Å²) in [4.78, 5) is 10.6. The van der Waals surface area contributed by atoms with Gasteiger partial charge in [-0.15, -0.1) is 0 Å². The Morgan fingerprint density at radius 2 is 2.17 bits per heavy atom.